The Morgan fingerprint density at radius 1 is 1.45 bits per heavy atom. The molecule has 1 aromatic carbocycles. The van der Waals surface area contributed by atoms with Crippen molar-refractivity contribution in [1.29, 1.82) is 0 Å². The summed E-state index contributed by atoms with van der Waals surface area (Å²) < 4.78 is 2.27. The first kappa shape index (κ1) is 13.1. The minimum Gasteiger partial charge on any atom is -0.354 e. The number of para-hydroxylation sites is 2. The standard InChI is InChI=1S/C15H20N4O/c1-2-7-19-13-6-4-3-5-12(13)18-14(19)10-16-11-8-15(20)17-9-11/h3-6,11,16H,2,7-10H2,1H3,(H,17,20). The lowest BCUT2D eigenvalue weighted by Gasteiger charge is -2.12. The summed E-state index contributed by atoms with van der Waals surface area (Å²) >= 11 is 0. The zero-order chi connectivity index (χ0) is 13.9. The summed E-state index contributed by atoms with van der Waals surface area (Å²) in [6, 6.07) is 8.45. The number of imidazole rings is 1. The van der Waals surface area contributed by atoms with Crippen molar-refractivity contribution < 1.29 is 4.79 Å². The van der Waals surface area contributed by atoms with E-state index in [0.717, 1.165) is 24.3 Å². The normalized spacial score (nSPS) is 18.6. The average molecular weight is 272 g/mol. The summed E-state index contributed by atoms with van der Waals surface area (Å²) in [5, 5.41) is 6.26. The van der Waals surface area contributed by atoms with E-state index in [1.165, 1.54) is 5.52 Å². The van der Waals surface area contributed by atoms with Crippen molar-refractivity contribution >= 4 is 16.9 Å². The molecule has 1 amide bonds. The second-order valence-electron chi connectivity index (χ2n) is 5.25. The van der Waals surface area contributed by atoms with Gasteiger partial charge in [-0.1, -0.05) is 19.1 Å². The first-order valence-corrected chi connectivity index (χ1v) is 7.22. The lowest BCUT2D eigenvalue weighted by Crippen LogP contribution is -2.31. The van der Waals surface area contributed by atoms with Crippen LogP contribution in [0.4, 0.5) is 0 Å². The highest BCUT2D eigenvalue weighted by molar-refractivity contribution is 5.79. The predicted octanol–water partition coefficient (Wildman–Crippen LogP) is 1.42. The topological polar surface area (TPSA) is 59.0 Å². The molecule has 1 aliphatic heterocycles. The molecule has 0 spiro atoms. The lowest BCUT2D eigenvalue weighted by atomic mass is 10.2. The number of hydrogen-bond donors (Lipinski definition) is 2. The van der Waals surface area contributed by atoms with E-state index < -0.39 is 0 Å². The van der Waals surface area contributed by atoms with Crippen molar-refractivity contribution in [1.82, 2.24) is 20.2 Å². The number of benzene rings is 1. The molecule has 106 valence electrons. The molecule has 1 aromatic heterocycles. The van der Waals surface area contributed by atoms with E-state index in [9.17, 15) is 4.79 Å². The predicted molar refractivity (Wildman–Crippen MR) is 78.3 cm³/mol. The second-order valence-corrected chi connectivity index (χ2v) is 5.25. The number of nitrogens with one attached hydrogen (secondary N) is 2. The number of carbonyl (C=O) groups is 1. The molecule has 2 heterocycles. The van der Waals surface area contributed by atoms with E-state index in [4.69, 9.17) is 4.98 Å². The zero-order valence-corrected chi connectivity index (χ0v) is 11.7. The average Bonchev–Trinajstić information content (AvgIpc) is 3.02. The van der Waals surface area contributed by atoms with Gasteiger partial charge in [-0.25, -0.2) is 4.98 Å². The van der Waals surface area contributed by atoms with Crippen LogP contribution in [-0.4, -0.2) is 28.0 Å². The second kappa shape index (κ2) is 5.63. The van der Waals surface area contributed by atoms with Gasteiger partial charge in [0, 0.05) is 25.6 Å². The summed E-state index contributed by atoms with van der Waals surface area (Å²) in [4.78, 5) is 15.9. The molecule has 2 aromatic rings. The molecule has 1 aliphatic rings. The van der Waals surface area contributed by atoms with E-state index in [1.54, 1.807) is 0 Å². The molecule has 1 fully saturated rings. The molecule has 2 N–H and O–H groups in total. The molecule has 0 saturated carbocycles. The maximum absolute atomic E-state index is 11.2. The number of nitrogens with zero attached hydrogens (tertiary/aromatic N) is 2. The van der Waals surface area contributed by atoms with Gasteiger partial charge in [-0.2, -0.15) is 0 Å². The highest BCUT2D eigenvalue weighted by atomic mass is 16.1. The van der Waals surface area contributed by atoms with Crippen LogP contribution in [0, 0.1) is 0 Å². The quantitative estimate of drug-likeness (QED) is 0.865. The van der Waals surface area contributed by atoms with Crippen molar-refractivity contribution in [3.63, 3.8) is 0 Å². The van der Waals surface area contributed by atoms with E-state index in [0.29, 0.717) is 19.5 Å². The van der Waals surface area contributed by atoms with Crippen molar-refractivity contribution in [2.45, 2.75) is 38.9 Å². The Morgan fingerprint density at radius 3 is 3.05 bits per heavy atom. The summed E-state index contributed by atoms with van der Waals surface area (Å²) in [6.45, 7) is 4.56. The molecule has 0 aliphatic carbocycles. The number of rotatable bonds is 5. The fraction of sp³-hybridized carbons (Fsp3) is 0.467. The highest BCUT2D eigenvalue weighted by Gasteiger charge is 2.21. The van der Waals surface area contributed by atoms with Crippen molar-refractivity contribution in [2.75, 3.05) is 6.54 Å². The molecule has 5 heteroatoms. The van der Waals surface area contributed by atoms with Crippen LogP contribution >= 0.6 is 0 Å². The zero-order valence-electron chi connectivity index (χ0n) is 11.7. The monoisotopic (exact) mass is 272 g/mol. The van der Waals surface area contributed by atoms with Gasteiger partial charge in [-0.3, -0.25) is 4.79 Å². The van der Waals surface area contributed by atoms with Gasteiger partial charge in [0.1, 0.15) is 5.82 Å². The Balaban J connectivity index is 1.79. The summed E-state index contributed by atoms with van der Waals surface area (Å²) in [7, 11) is 0. The van der Waals surface area contributed by atoms with Crippen LogP contribution in [0.25, 0.3) is 11.0 Å². The lowest BCUT2D eigenvalue weighted by molar-refractivity contribution is -0.119. The summed E-state index contributed by atoms with van der Waals surface area (Å²) in [5.74, 6) is 1.18. The molecular weight excluding hydrogens is 252 g/mol. The Bertz CT molecular complexity index is 619. The molecule has 0 bridgehead atoms. The third kappa shape index (κ3) is 2.54. The first-order valence-electron chi connectivity index (χ1n) is 7.22. The smallest absolute Gasteiger partial charge is 0.221 e. The third-order valence-electron chi connectivity index (χ3n) is 3.71. The molecule has 1 atom stereocenters. The van der Waals surface area contributed by atoms with Gasteiger partial charge < -0.3 is 15.2 Å². The highest BCUT2D eigenvalue weighted by Crippen LogP contribution is 2.16. The number of aryl methyl sites for hydroxylation is 1. The Morgan fingerprint density at radius 2 is 2.30 bits per heavy atom. The summed E-state index contributed by atoms with van der Waals surface area (Å²) in [6.07, 6.45) is 1.64. The third-order valence-corrected chi connectivity index (χ3v) is 3.71. The SMILES string of the molecule is CCCn1c(CNC2CNC(=O)C2)nc2ccccc21. The van der Waals surface area contributed by atoms with Gasteiger partial charge >= 0.3 is 0 Å². The Labute approximate surface area is 118 Å². The fourth-order valence-corrected chi connectivity index (χ4v) is 2.72. The minimum atomic E-state index is 0.129. The van der Waals surface area contributed by atoms with Crippen molar-refractivity contribution in [3.05, 3.63) is 30.1 Å². The molecule has 1 saturated heterocycles. The van der Waals surface area contributed by atoms with Gasteiger partial charge in [0.25, 0.3) is 0 Å². The van der Waals surface area contributed by atoms with Crippen LogP contribution in [-0.2, 0) is 17.9 Å². The van der Waals surface area contributed by atoms with E-state index in [2.05, 4.69) is 28.2 Å². The maximum Gasteiger partial charge on any atom is 0.221 e. The first-order chi connectivity index (χ1) is 9.78. The van der Waals surface area contributed by atoms with Crippen molar-refractivity contribution in [3.8, 4) is 0 Å². The number of fused-ring (bicyclic) bond motifs is 1. The van der Waals surface area contributed by atoms with Crippen LogP contribution in [0.2, 0.25) is 0 Å². The largest absolute Gasteiger partial charge is 0.354 e. The number of hydrogen-bond acceptors (Lipinski definition) is 3. The summed E-state index contributed by atoms with van der Waals surface area (Å²) in [5.41, 5.74) is 2.23. The van der Waals surface area contributed by atoms with E-state index in [1.807, 2.05) is 18.2 Å². The van der Waals surface area contributed by atoms with Gasteiger partial charge in [-0.05, 0) is 18.6 Å². The fourth-order valence-electron chi connectivity index (χ4n) is 2.72. The van der Waals surface area contributed by atoms with Gasteiger partial charge in [0.2, 0.25) is 5.91 Å². The van der Waals surface area contributed by atoms with Crippen molar-refractivity contribution in [2.24, 2.45) is 0 Å². The maximum atomic E-state index is 11.2. The van der Waals surface area contributed by atoms with Crippen LogP contribution in [0.1, 0.15) is 25.6 Å². The van der Waals surface area contributed by atoms with Crippen LogP contribution < -0.4 is 10.6 Å². The molecule has 3 rings (SSSR count). The number of aromatic nitrogens is 2. The molecule has 1 unspecified atom stereocenters. The Hall–Kier alpha value is -1.88. The molecule has 20 heavy (non-hydrogen) atoms. The molecule has 5 nitrogen and oxygen atoms in total. The van der Waals surface area contributed by atoms with Gasteiger partial charge in [0.15, 0.2) is 0 Å². The molecule has 0 radical (unpaired) electrons. The Kier molecular flexibility index (Phi) is 3.69. The van der Waals surface area contributed by atoms with Gasteiger partial charge in [0.05, 0.1) is 17.6 Å². The number of carbonyl (C=O) groups excluding carboxylic acids is 1. The molecular formula is C15H20N4O. The van der Waals surface area contributed by atoms with Gasteiger partial charge in [-0.15, -0.1) is 0 Å². The van der Waals surface area contributed by atoms with E-state index in [-0.39, 0.29) is 11.9 Å². The number of amides is 1. The van der Waals surface area contributed by atoms with Crippen LogP contribution in [0.3, 0.4) is 0 Å². The minimum absolute atomic E-state index is 0.129. The van der Waals surface area contributed by atoms with E-state index >= 15 is 0 Å². The van der Waals surface area contributed by atoms with Crippen LogP contribution in [0.5, 0.6) is 0 Å². The van der Waals surface area contributed by atoms with Crippen LogP contribution in [0.15, 0.2) is 24.3 Å².